The largest absolute Gasteiger partial charge is 0.497 e. The fourth-order valence-electron chi connectivity index (χ4n) is 2.27. The topological polar surface area (TPSA) is 85.4 Å². The highest BCUT2D eigenvalue weighted by molar-refractivity contribution is 5.90. The Kier molecular flexibility index (Phi) is 6.19. The van der Waals surface area contributed by atoms with Crippen molar-refractivity contribution in [3.05, 3.63) is 72.3 Å². The number of methoxy groups -OCH3 is 1. The molecule has 0 radical (unpaired) electrons. The second-order valence-electron chi connectivity index (χ2n) is 5.66. The summed E-state index contributed by atoms with van der Waals surface area (Å²) in [4.78, 5) is 11.9. The van der Waals surface area contributed by atoms with Crippen molar-refractivity contribution in [1.82, 2.24) is 10.2 Å². The first-order valence-electron chi connectivity index (χ1n) is 8.41. The lowest BCUT2D eigenvalue weighted by molar-refractivity contribution is -0.118. The van der Waals surface area contributed by atoms with E-state index in [-0.39, 0.29) is 12.5 Å². The van der Waals surface area contributed by atoms with Gasteiger partial charge >= 0.3 is 0 Å². The molecule has 7 heteroatoms. The van der Waals surface area contributed by atoms with E-state index in [4.69, 9.17) is 9.47 Å². The van der Waals surface area contributed by atoms with E-state index < -0.39 is 0 Å². The molecule has 7 nitrogen and oxygen atoms in total. The van der Waals surface area contributed by atoms with Crippen molar-refractivity contribution >= 4 is 17.5 Å². The minimum absolute atomic E-state index is 0.0941. The molecule has 0 saturated carbocycles. The smallest absolute Gasteiger partial charge is 0.263 e. The minimum Gasteiger partial charge on any atom is -0.497 e. The van der Waals surface area contributed by atoms with E-state index in [9.17, 15) is 4.79 Å². The normalized spacial score (nSPS) is 10.1. The van der Waals surface area contributed by atoms with Gasteiger partial charge in [0.25, 0.3) is 5.91 Å². The third-order valence-corrected chi connectivity index (χ3v) is 3.68. The van der Waals surface area contributed by atoms with Crippen molar-refractivity contribution in [2.75, 3.05) is 24.4 Å². The zero-order valence-electron chi connectivity index (χ0n) is 14.9. The summed E-state index contributed by atoms with van der Waals surface area (Å²) in [5, 5.41) is 13.9. The molecule has 2 N–H and O–H groups in total. The average Bonchev–Trinajstić information content (AvgIpc) is 2.73. The molecule has 3 rings (SSSR count). The standard InChI is InChI=1S/C20H20N4O3/c1-26-16-9-7-15(8-10-16)13-21-18-11-12-19(24-23-18)22-20(25)14-27-17-5-3-2-4-6-17/h2-12H,13-14H2,1H3,(H,21,23)(H,22,24,25). The van der Waals surface area contributed by atoms with Crippen LogP contribution in [0.25, 0.3) is 0 Å². The van der Waals surface area contributed by atoms with Crippen molar-refractivity contribution in [2.24, 2.45) is 0 Å². The summed E-state index contributed by atoms with van der Waals surface area (Å²) in [7, 11) is 1.64. The van der Waals surface area contributed by atoms with Crippen molar-refractivity contribution in [1.29, 1.82) is 0 Å². The molecule has 0 bridgehead atoms. The number of carbonyl (C=O) groups is 1. The first-order chi connectivity index (χ1) is 13.2. The Morgan fingerprint density at radius 3 is 2.26 bits per heavy atom. The van der Waals surface area contributed by atoms with Crippen LogP contribution in [0.3, 0.4) is 0 Å². The molecule has 0 aliphatic heterocycles. The van der Waals surface area contributed by atoms with Gasteiger partial charge in [0.05, 0.1) is 7.11 Å². The Hall–Kier alpha value is -3.61. The van der Waals surface area contributed by atoms with Crippen LogP contribution in [0.1, 0.15) is 5.56 Å². The minimum atomic E-state index is -0.299. The number of para-hydroxylation sites is 1. The van der Waals surface area contributed by atoms with Crippen LogP contribution in [0.5, 0.6) is 11.5 Å². The molecule has 1 heterocycles. The molecule has 3 aromatic rings. The van der Waals surface area contributed by atoms with Crippen LogP contribution in [0.15, 0.2) is 66.7 Å². The Morgan fingerprint density at radius 2 is 1.59 bits per heavy atom. The van der Waals surface area contributed by atoms with Gasteiger partial charge in [0.15, 0.2) is 12.4 Å². The number of ether oxygens (including phenoxy) is 2. The van der Waals surface area contributed by atoms with Crippen LogP contribution in [-0.4, -0.2) is 29.8 Å². The fraction of sp³-hybridized carbons (Fsp3) is 0.150. The van der Waals surface area contributed by atoms with Crippen molar-refractivity contribution in [3.63, 3.8) is 0 Å². The third kappa shape index (κ3) is 5.71. The molecule has 0 atom stereocenters. The zero-order chi connectivity index (χ0) is 18.9. The summed E-state index contributed by atoms with van der Waals surface area (Å²) in [5.41, 5.74) is 1.09. The average molecular weight is 364 g/mol. The molecular formula is C20H20N4O3. The number of nitrogens with zero attached hydrogens (tertiary/aromatic N) is 2. The van der Waals surface area contributed by atoms with Gasteiger partial charge in [-0.2, -0.15) is 0 Å². The molecule has 0 spiro atoms. The molecule has 0 aliphatic carbocycles. The lowest BCUT2D eigenvalue weighted by Crippen LogP contribution is -2.21. The maximum Gasteiger partial charge on any atom is 0.263 e. The van der Waals surface area contributed by atoms with Crippen molar-refractivity contribution in [3.8, 4) is 11.5 Å². The van der Waals surface area contributed by atoms with Crippen LogP contribution in [-0.2, 0) is 11.3 Å². The molecule has 1 aromatic heterocycles. The third-order valence-electron chi connectivity index (χ3n) is 3.68. The predicted molar refractivity (Wildman–Crippen MR) is 103 cm³/mol. The van der Waals surface area contributed by atoms with Gasteiger partial charge in [0.2, 0.25) is 0 Å². The van der Waals surface area contributed by atoms with Crippen molar-refractivity contribution in [2.45, 2.75) is 6.54 Å². The van der Waals surface area contributed by atoms with Gasteiger partial charge in [-0.05, 0) is 42.0 Å². The van der Waals surface area contributed by atoms with Crippen LogP contribution in [0.4, 0.5) is 11.6 Å². The molecule has 138 valence electrons. The lowest BCUT2D eigenvalue weighted by Gasteiger charge is -2.08. The van der Waals surface area contributed by atoms with E-state index in [1.165, 1.54) is 0 Å². The van der Waals surface area contributed by atoms with E-state index in [0.717, 1.165) is 11.3 Å². The lowest BCUT2D eigenvalue weighted by atomic mass is 10.2. The molecule has 1 amide bonds. The number of hydrogen-bond donors (Lipinski definition) is 2. The van der Waals surface area contributed by atoms with Gasteiger partial charge in [-0.15, -0.1) is 10.2 Å². The van der Waals surface area contributed by atoms with Gasteiger partial charge in [-0.1, -0.05) is 30.3 Å². The number of aromatic nitrogens is 2. The van der Waals surface area contributed by atoms with Crippen LogP contribution in [0, 0.1) is 0 Å². The molecule has 0 unspecified atom stereocenters. The summed E-state index contributed by atoms with van der Waals surface area (Å²) < 4.78 is 10.5. The summed E-state index contributed by atoms with van der Waals surface area (Å²) in [6.07, 6.45) is 0. The number of anilines is 2. The van der Waals surface area contributed by atoms with E-state index in [2.05, 4.69) is 20.8 Å². The Labute approximate surface area is 157 Å². The van der Waals surface area contributed by atoms with Gasteiger partial charge in [0, 0.05) is 6.54 Å². The Bertz CT molecular complexity index is 853. The number of amides is 1. The van der Waals surface area contributed by atoms with E-state index in [1.54, 1.807) is 31.4 Å². The molecule has 0 fully saturated rings. The predicted octanol–water partition coefficient (Wildman–Crippen LogP) is 3.11. The second-order valence-corrected chi connectivity index (χ2v) is 5.66. The maximum atomic E-state index is 11.9. The molecular weight excluding hydrogens is 344 g/mol. The monoisotopic (exact) mass is 364 g/mol. The Morgan fingerprint density at radius 1 is 0.889 bits per heavy atom. The fourth-order valence-corrected chi connectivity index (χ4v) is 2.27. The van der Waals surface area contributed by atoms with E-state index in [0.29, 0.717) is 23.9 Å². The molecule has 2 aromatic carbocycles. The van der Waals surface area contributed by atoms with Crippen molar-refractivity contribution < 1.29 is 14.3 Å². The highest BCUT2D eigenvalue weighted by atomic mass is 16.5. The summed E-state index contributed by atoms with van der Waals surface area (Å²) in [5.74, 6) is 2.13. The number of nitrogens with one attached hydrogen (secondary N) is 2. The van der Waals surface area contributed by atoms with Crippen LogP contribution >= 0.6 is 0 Å². The first-order valence-corrected chi connectivity index (χ1v) is 8.41. The second kappa shape index (κ2) is 9.19. The van der Waals surface area contributed by atoms with Crippen LogP contribution < -0.4 is 20.1 Å². The number of rotatable bonds is 8. The quantitative estimate of drug-likeness (QED) is 0.639. The van der Waals surface area contributed by atoms with Gasteiger partial charge in [-0.25, -0.2) is 0 Å². The zero-order valence-corrected chi connectivity index (χ0v) is 14.9. The van der Waals surface area contributed by atoms with Gasteiger partial charge in [-0.3, -0.25) is 4.79 Å². The number of carbonyl (C=O) groups excluding carboxylic acids is 1. The summed E-state index contributed by atoms with van der Waals surface area (Å²) in [6.45, 7) is 0.512. The molecule has 0 aliphatic rings. The van der Waals surface area contributed by atoms with Gasteiger partial charge in [0.1, 0.15) is 17.3 Å². The molecule has 0 saturated heterocycles. The van der Waals surface area contributed by atoms with E-state index >= 15 is 0 Å². The Balaban J connectivity index is 1.45. The first kappa shape index (κ1) is 18.2. The van der Waals surface area contributed by atoms with Gasteiger partial charge < -0.3 is 20.1 Å². The number of benzene rings is 2. The highest BCUT2D eigenvalue weighted by Crippen LogP contribution is 2.13. The summed E-state index contributed by atoms with van der Waals surface area (Å²) in [6, 6.07) is 20.3. The maximum absolute atomic E-state index is 11.9. The van der Waals surface area contributed by atoms with Crippen LogP contribution in [0.2, 0.25) is 0 Å². The highest BCUT2D eigenvalue weighted by Gasteiger charge is 2.05. The number of hydrogen-bond acceptors (Lipinski definition) is 6. The SMILES string of the molecule is COc1ccc(CNc2ccc(NC(=O)COc3ccccc3)nn2)cc1. The molecule has 27 heavy (non-hydrogen) atoms. The summed E-state index contributed by atoms with van der Waals surface area (Å²) >= 11 is 0. The van der Waals surface area contributed by atoms with E-state index in [1.807, 2.05) is 42.5 Å².